The molecular weight excluding hydrogens is 418 g/mol. The summed E-state index contributed by atoms with van der Waals surface area (Å²) in [5, 5.41) is 8.59. The van der Waals surface area contributed by atoms with Gasteiger partial charge in [0.25, 0.3) is 10.0 Å². The fourth-order valence-corrected chi connectivity index (χ4v) is 4.84. The van der Waals surface area contributed by atoms with Crippen LogP contribution in [0.2, 0.25) is 0 Å². The first kappa shape index (κ1) is 20.7. The number of hydrogen-bond donors (Lipinski definition) is 1. The van der Waals surface area contributed by atoms with E-state index in [2.05, 4.69) is 14.9 Å². The quantitative estimate of drug-likeness (QED) is 0.573. The molecule has 3 rings (SSSR count). The Kier molecular flexibility index (Phi) is 6.09. The van der Waals surface area contributed by atoms with Gasteiger partial charge >= 0.3 is 0 Å². The summed E-state index contributed by atoms with van der Waals surface area (Å²) in [6, 6.07) is 9.93. The van der Waals surface area contributed by atoms with Crippen molar-refractivity contribution in [3.8, 4) is 33.6 Å². The average Bonchev–Trinajstić information content (AvgIpc) is 3.20. The second kappa shape index (κ2) is 8.53. The zero-order valence-electron chi connectivity index (χ0n) is 16.1. The Bertz CT molecular complexity index is 1070. The summed E-state index contributed by atoms with van der Waals surface area (Å²) >= 11 is 1.07. The van der Waals surface area contributed by atoms with Crippen molar-refractivity contribution in [1.29, 1.82) is 0 Å². The Morgan fingerprint density at radius 3 is 1.97 bits per heavy atom. The molecule has 0 fully saturated rings. The van der Waals surface area contributed by atoms with Crippen molar-refractivity contribution in [2.75, 3.05) is 33.2 Å². The van der Waals surface area contributed by atoms with Crippen molar-refractivity contribution < 1.29 is 27.4 Å². The second-order valence-electron chi connectivity index (χ2n) is 5.61. The van der Waals surface area contributed by atoms with Gasteiger partial charge in [0.05, 0.1) is 28.4 Å². The van der Waals surface area contributed by atoms with Crippen LogP contribution < -0.4 is 23.7 Å². The molecule has 154 valence electrons. The first-order chi connectivity index (χ1) is 13.9. The fourth-order valence-electron chi connectivity index (χ4n) is 2.56. The van der Waals surface area contributed by atoms with Crippen LogP contribution in [0.5, 0.6) is 23.0 Å². The summed E-state index contributed by atoms with van der Waals surface area (Å²) in [5.74, 6) is 1.46. The van der Waals surface area contributed by atoms with Gasteiger partial charge in [-0.05, 0) is 24.3 Å². The van der Waals surface area contributed by atoms with E-state index < -0.39 is 10.0 Å². The molecule has 1 N–H and O–H groups in total. The third-order valence-corrected chi connectivity index (χ3v) is 6.32. The van der Waals surface area contributed by atoms with Crippen molar-refractivity contribution in [2.45, 2.75) is 4.90 Å². The molecule has 0 aliphatic carbocycles. The SMILES string of the molecule is COc1cc(OC)cc(-c2nnc(NS(=O)(=O)c3c(OC)cccc3OC)s2)c1. The van der Waals surface area contributed by atoms with E-state index in [1.54, 1.807) is 38.5 Å². The molecule has 0 aliphatic heterocycles. The molecule has 0 radical (unpaired) electrons. The molecule has 0 spiro atoms. The Labute approximate surface area is 172 Å². The smallest absolute Gasteiger partial charge is 0.271 e. The first-order valence-corrected chi connectivity index (χ1v) is 10.5. The van der Waals surface area contributed by atoms with Gasteiger partial charge < -0.3 is 18.9 Å². The van der Waals surface area contributed by atoms with E-state index in [0.29, 0.717) is 22.1 Å². The van der Waals surface area contributed by atoms with Crippen molar-refractivity contribution >= 4 is 26.5 Å². The van der Waals surface area contributed by atoms with Gasteiger partial charge in [0.1, 0.15) is 28.0 Å². The maximum absolute atomic E-state index is 12.9. The molecule has 0 aliphatic rings. The van der Waals surface area contributed by atoms with E-state index in [4.69, 9.17) is 18.9 Å². The number of aromatic nitrogens is 2. The van der Waals surface area contributed by atoms with Crippen LogP contribution in [-0.4, -0.2) is 47.1 Å². The van der Waals surface area contributed by atoms with Crippen LogP contribution in [0.4, 0.5) is 5.13 Å². The Hall–Kier alpha value is -3.05. The lowest BCUT2D eigenvalue weighted by atomic mass is 10.2. The van der Waals surface area contributed by atoms with Gasteiger partial charge in [-0.25, -0.2) is 8.42 Å². The molecule has 2 aromatic carbocycles. The molecule has 1 heterocycles. The van der Waals surface area contributed by atoms with Crippen LogP contribution in [0.15, 0.2) is 41.3 Å². The highest BCUT2D eigenvalue weighted by Gasteiger charge is 2.26. The first-order valence-electron chi connectivity index (χ1n) is 8.22. The maximum atomic E-state index is 12.9. The normalized spacial score (nSPS) is 11.0. The molecule has 0 saturated carbocycles. The molecule has 0 atom stereocenters. The lowest BCUT2D eigenvalue weighted by molar-refractivity contribution is 0.373. The predicted molar refractivity (Wildman–Crippen MR) is 109 cm³/mol. The minimum absolute atomic E-state index is 0.0924. The highest BCUT2D eigenvalue weighted by atomic mass is 32.2. The number of sulfonamides is 1. The van der Waals surface area contributed by atoms with E-state index >= 15 is 0 Å². The number of benzene rings is 2. The lowest BCUT2D eigenvalue weighted by Gasteiger charge is -2.13. The number of ether oxygens (including phenoxy) is 4. The minimum Gasteiger partial charge on any atom is -0.497 e. The molecular formula is C18H19N3O6S2. The van der Waals surface area contributed by atoms with E-state index in [1.165, 1.54) is 26.4 Å². The number of nitrogens with one attached hydrogen (secondary N) is 1. The molecule has 0 amide bonds. The summed E-state index contributed by atoms with van der Waals surface area (Å²) in [4.78, 5) is -0.121. The van der Waals surface area contributed by atoms with Crippen LogP contribution in [0.1, 0.15) is 0 Å². The molecule has 1 aromatic heterocycles. The molecule has 9 nitrogen and oxygen atoms in total. The number of nitrogens with zero attached hydrogens (tertiary/aromatic N) is 2. The molecule has 0 unspecified atom stereocenters. The molecule has 0 bridgehead atoms. The van der Waals surface area contributed by atoms with E-state index in [0.717, 1.165) is 11.3 Å². The van der Waals surface area contributed by atoms with Gasteiger partial charge in [0, 0.05) is 11.6 Å². The minimum atomic E-state index is -4.03. The number of hydrogen-bond acceptors (Lipinski definition) is 9. The fraction of sp³-hybridized carbons (Fsp3) is 0.222. The van der Waals surface area contributed by atoms with Crippen molar-refractivity contribution in [3.63, 3.8) is 0 Å². The largest absolute Gasteiger partial charge is 0.497 e. The van der Waals surface area contributed by atoms with Gasteiger partial charge in [-0.15, -0.1) is 10.2 Å². The summed E-state index contributed by atoms with van der Waals surface area (Å²) in [5.41, 5.74) is 0.680. The second-order valence-corrected chi connectivity index (χ2v) is 8.21. The van der Waals surface area contributed by atoms with Crippen LogP contribution in [0.25, 0.3) is 10.6 Å². The summed E-state index contributed by atoms with van der Waals surface area (Å²) in [6.45, 7) is 0. The van der Waals surface area contributed by atoms with Gasteiger partial charge in [0.2, 0.25) is 5.13 Å². The number of rotatable bonds is 8. The summed E-state index contributed by atoms with van der Waals surface area (Å²) in [7, 11) is 1.81. The van der Waals surface area contributed by atoms with Crippen molar-refractivity contribution in [3.05, 3.63) is 36.4 Å². The van der Waals surface area contributed by atoms with Crippen LogP contribution in [0.3, 0.4) is 0 Å². The van der Waals surface area contributed by atoms with Crippen LogP contribution >= 0.6 is 11.3 Å². The predicted octanol–water partition coefficient (Wildman–Crippen LogP) is 3.04. The monoisotopic (exact) mass is 437 g/mol. The summed E-state index contributed by atoms with van der Waals surface area (Å²) in [6.07, 6.45) is 0. The molecule has 29 heavy (non-hydrogen) atoms. The van der Waals surface area contributed by atoms with E-state index in [1.807, 2.05) is 0 Å². The zero-order chi connectivity index (χ0) is 21.0. The summed E-state index contributed by atoms with van der Waals surface area (Å²) < 4.78 is 49.2. The molecule has 0 saturated heterocycles. The maximum Gasteiger partial charge on any atom is 0.271 e. The third kappa shape index (κ3) is 4.35. The van der Waals surface area contributed by atoms with Gasteiger partial charge in [-0.3, -0.25) is 4.72 Å². The zero-order valence-corrected chi connectivity index (χ0v) is 17.8. The molecule has 11 heteroatoms. The average molecular weight is 437 g/mol. The van der Waals surface area contributed by atoms with Gasteiger partial charge in [-0.1, -0.05) is 17.4 Å². The Morgan fingerprint density at radius 2 is 1.45 bits per heavy atom. The Morgan fingerprint density at radius 1 is 0.862 bits per heavy atom. The Balaban J connectivity index is 1.95. The van der Waals surface area contributed by atoms with E-state index in [-0.39, 0.29) is 21.5 Å². The van der Waals surface area contributed by atoms with Gasteiger partial charge in [-0.2, -0.15) is 0 Å². The highest BCUT2D eigenvalue weighted by molar-refractivity contribution is 7.93. The number of methoxy groups -OCH3 is 4. The van der Waals surface area contributed by atoms with Crippen LogP contribution in [0, 0.1) is 0 Å². The third-order valence-electron chi connectivity index (χ3n) is 3.90. The topological polar surface area (TPSA) is 109 Å². The van der Waals surface area contributed by atoms with Crippen molar-refractivity contribution in [1.82, 2.24) is 10.2 Å². The molecule has 3 aromatic rings. The highest BCUT2D eigenvalue weighted by Crippen LogP contribution is 2.36. The van der Waals surface area contributed by atoms with Gasteiger partial charge in [0.15, 0.2) is 4.90 Å². The standard InChI is InChI=1S/C18H19N3O6S2/c1-24-12-8-11(9-13(10-12)25-2)17-19-20-18(28-17)21-29(22,23)16-14(26-3)6-5-7-15(16)27-4/h5-10H,1-4H3,(H,20,21). The lowest BCUT2D eigenvalue weighted by Crippen LogP contribution is -2.15. The number of anilines is 1. The van der Waals surface area contributed by atoms with E-state index in [9.17, 15) is 8.42 Å². The van der Waals surface area contributed by atoms with Crippen LogP contribution in [-0.2, 0) is 10.0 Å². The van der Waals surface area contributed by atoms with Crippen molar-refractivity contribution in [2.24, 2.45) is 0 Å².